The molecule has 0 bridgehead atoms. The number of nitrogens with one attached hydrogen (secondary N) is 1. The zero-order valence-corrected chi connectivity index (χ0v) is 9.63. The highest BCUT2D eigenvalue weighted by Crippen LogP contribution is 2.45. The van der Waals surface area contributed by atoms with E-state index < -0.39 is 7.75 Å². The molecule has 1 aliphatic heterocycles. The van der Waals surface area contributed by atoms with Gasteiger partial charge in [0.15, 0.2) is 0 Å². The first-order valence-electron chi connectivity index (χ1n) is 4.63. The molecule has 15 heavy (non-hydrogen) atoms. The smallest absolute Gasteiger partial charge is 0.413 e. The van der Waals surface area contributed by atoms with Crippen molar-refractivity contribution >= 4 is 19.3 Å². The lowest BCUT2D eigenvalue weighted by Gasteiger charge is -2.23. The normalized spacial score (nSPS) is 26.2. The van der Waals surface area contributed by atoms with Crippen molar-refractivity contribution < 1.29 is 13.6 Å². The zero-order chi connectivity index (χ0) is 10.7. The molecule has 0 spiro atoms. The number of hydrogen-bond donors (Lipinski definition) is 1. The summed E-state index contributed by atoms with van der Waals surface area (Å²) in [4.78, 5) is 0. The van der Waals surface area contributed by atoms with E-state index in [9.17, 15) is 4.57 Å². The second-order valence-corrected chi connectivity index (χ2v) is 5.33. The summed E-state index contributed by atoms with van der Waals surface area (Å²) in [6, 6.07) is 6.66. The molecule has 0 aromatic heterocycles. The van der Waals surface area contributed by atoms with Gasteiger partial charge in [0.1, 0.15) is 5.75 Å². The average Bonchev–Trinajstić information content (AvgIpc) is 2.22. The van der Waals surface area contributed by atoms with Gasteiger partial charge >= 0.3 is 7.75 Å². The van der Waals surface area contributed by atoms with Crippen LogP contribution < -0.4 is 9.61 Å². The van der Waals surface area contributed by atoms with Gasteiger partial charge in [-0.15, -0.1) is 0 Å². The van der Waals surface area contributed by atoms with Crippen LogP contribution in [-0.2, 0) is 9.09 Å². The molecule has 1 fully saturated rings. The summed E-state index contributed by atoms with van der Waals surface area (Å²) in [7, 11) is -3.14. The summed E-state index contributed by atoms with van der Waals surface area (Å²) < 4.78 is 22.2. The summed E-state index contributed by atoms with van der Waals surface area (Å²) in [6.07, 6.45) is 0.841. The molecule has 4 nitrogen and oxygen atoms in total. The molecule has 1 heterocycles. The van der Waals surface area contributed by atoms with Crippen molar-refractivity contribution in [3.63, 3.8) is 0 Å². The molecule has 1 N–H and O–H groups in total. The van der Waals surface area contributed by atoms with E-state index in [1.54, 1.807) is 24.3 Å². The summed E-state index contributed by atoms with van der Waals surface area (Å²) in [5.41, 5.74) is 0. The number of hydrogen-bond acceptors (Lipinski definition) is 3. The minimum atomic E-state index is -3.14. The first kappa shape index (κ1) is 11.0. The molecule has 1 atom stereocenters. The number of rotatable bonds is 2. The molecule has 0 radical (unpaired) electrons. The SMILES string of the molecule is O=P1(Oc2ccc(Cl)cc2)NCCCO1. The molecule has 0 aliphatic carbocycles. The highest BCUT2D eigenvalue weighted by Gasteiger charge is 2.28. The Morgan fingerprint density at radius 2 is 2.13 bits per heavy atom. The van der Waals surface area contributed by atoms with E-state index in [0.717, 1.165) is 6.42 Å². The molecule has 0 saturated carbocycles. The van der Waals surface area contributed by atoms with Crippen molar-refractivity contribution in [2.45, 2.75) is 6.42 Å². The maximum atomic E-state index is 11.9. The minimum Gasteiger partial charge on any atom is -0.413 e. The Balaban J connectivity index is 2.07. The highest BCUT2D eigenvalue weighted by molar-refractivity contribution is 7.52. The van der Waals surface area contributed by atoms with Gasteiger partial charge in [0.05, 0.1) is 6.61 Å². The van der Waals surface area contributed by atoms with Crippen molar-refractivity contribution in [3.05, 3.63) is 29.3 Å². The zero-order valence-electron chi connectivity index (χ0n) is 7.98. The van der Waals surface area contributed by atoms with Crippen LogP contribution >= 0.6 is 19.3 Å². The Kier molecular flexibility index (Phi) is 3.32. The molecule has 2 rings (SSSR count). The van der Waals surface area contributed by atoms with E-state index in [2.05, 4.69) is 5.09 Å². The molecule has 1 aliphatic rings. The summed E-state index contributed by atoms with van der Waals surface area (Å²) in [6.45, 7) is 1.10. The van der Waals surface area contributed by atoms with Crippen LogP contribution in [0, 0.1) is 0 Å². The molecular formula is C9H11ClNO3P. The van der Waals surface area contributed by atoms with Gasteiger partial charge in [0.25, 0.3) is 0 Å². The largest absolute Gasteiger partial charge is 0.458 e. The van der Waals surface area contributed by atoms with E-state index >= 15 is 0 Å². The molecule has 1 aromatic rings. The van der Waals surface area contributed by atoms with E-state index in [1.807, 2.05) is 0 Å². The Morgan fingerprint density at radius 1 is 1.40 bits per heavy atom. The summed E-state index contributed by atoms with van der Waals surface area (Å²) in [5, 5.41) is 3.35. The Morgan fingerprint density at radius 3 is 2.73 bits per heavy atom. The monoisotopic (exact) mass is 247 g/mol. The van der Waals surface area contributed by atoms with E-state index in [4.69, 9.17) is 20.6 Å². The third-order valence-corrected chi connectivity index (χ3v) is 3.76. The molecule has 1 saturated heterocycles. The Bertz CT molecular complexity index is 371. The summed E-state index contributed by atoms with van der Waals surface area (Å²) >= 11 is 5.72. The van der Waals surface area contributed by atoms with Crippen LogP contribution in [0.5, 0.6) is 5.75 Å². The topological polar surface area (TPSA) is 47.6 Å². The van der Waals surface area contributed by atoms with Gasteiger partial charge in [0.2, 0.25) is 0 Å². The van der Waals surface area contributed by atoms with Crippen molar-refractivity contribution in [2.24, 2.45) is 0 Å². The lowest BCUT2D eigenvalue weighted by molar-refractivity contribution is 0.231. The predicted molar refractivity (Wildman–Crippen MR) is 58.3 cm³/mol. The lowest BCUT2D eigenvalue weighted by Crippen LogP contribution is -2.24. The van der Waals surface area contributed by atoms with Gasteiger partial charge in [-0.2, -0.15) is 0 Å². The second kappa shape index (κ2) is 4.54. The van der Waals surface area contributed by atoms with Crippen LogP contribution in [0.3, 0.4) is 0 Å². The molecule has 6 heteroatoms. The highest BCUT2D eigenvalue weighted by atomic mass is 35.5. The van der Waals surface area contributed by atoms with E-state index in [1.165, 1.54) is 0 Å². The summed E-state index contributed by atoms with van der Waals surface area (Å²) in [5.74, 6) is 0.483. The van der Waals surface area contributed by atoms with Crippen LogP contribution in [0.4, 0.5) is 0 Å². The van der Waals surface area contributed by atoms with Crippen LogP contribution in [0.1, 0.15) is 6.42 Å². The van der Waals surface area contributed by atoms with E-state index in [0.29, 0.717) is 23.9 Å². The molecular weight excluding hydrogens is 237 g/mol. The fourth-order valence-corrected chi connectivity index (χ4v) is 2.75. The maximum absolute atomic E-state index is 11.9. The van der Waals surface area contributed by atoms with Gasteiger partial charge in [-0.1, -0.05) is 11.6 Å². The van der Waals surface area contributed by atoms with E-state index in [-0.39, 0.29) is 0 Å². The molecule has 1 unspecified atom stereocenters. The van der Waals surface area contributed by atoms with Gasteiger partial charge in [-0.25, -0.2) is 9.65 Å². The minimum absolute atomic E-state index is 0.456. The fraction of sp³-hybridized carbons (Fsp3) is 0.333. The third-order valence-electron chi connectivity index (χ3n) is 1.93. The van der Waals surface area contributed by atoms with Gasteiger partial charge in [-0.05, 0) is 30.7 Å². The van der Waals surface area contributed by atoms with Gasteiger partial charge in [0, 0.05) is 11.6 Å². The van der Waals surface area contributed by atoms with Crippen molar-refractivity contribution in [2.75, 3.05) is 13.2 Å². The van der Waals surface area contributed by atoms with Crippen molar-refractivity contribution in [1.82, 2.24) is 5.09 Å². The van der Waals surface area contributed by atoms with Crippen molar-refractivity contribution in [3.8, 4) is 5.75 Å². The first-order chi connectivity index (χ1) is 7.18. The Hall–Kier alpha value is -0.540. The van der Waals surface area contributed by atoms with Crippen LogP contribution in [0.25, 0.3) is 0 Å². The lowest BCUT2D eigenvalue weighted by atomic mass is 10.3. The number of halogens is 1. The van der Waals surface area contributed by atoms with Crippen LogP contribution in [0.2, 0.25) is 5.02 Å². The number of benzene rings is 1. The Labute approximate surface area is 93.1 Å². The maximum Gasteiger partial charge on any atom is 0.458 e. The molecule has 1 aromatic carbocycles. The molecule has 0 amide bonds. The predicted octanol–water partition coefficient (Wildman–Crippen LogP) is 2.84. The quantitative estimate of drug-likeness (QED) is 0.817. The van der Waals surface area contributed by atoms with Crippen LogP contribution in [-0.4, -0.2) is 13.2 Å². The van der Waals surface area contributed by atoms with Gasteiger partial charge < -0.3 is 4.52 Å². The van der Waals surface area contributed by atoms with Gasteiger partial charge in [-0.3, -0.25) is 4.52 Å². The van der Waals surface area contributed by atoms with Crippen LogP contribution in [0.15, 0.2) is 24.3 Å². The average molecular weight is 248 g/mol. The second-order valence-electron chi connectivity index (χ2n) is 3.14. The fourth-order valence-electron chi connectivity index (χ4n) is 1.21. The standard InChI is InChI=1S/C9H11ClNO3P/c10-8-2-4-9(5-3-8)14-15(12)11-6-1-7-13-15/h2-5H,1,6-7H2,(H,11,12). The third kappa shape index (κ3) is 2.95. The first-order valence-corrected chi connectivity index (χ1v) is 6.55. The van der Waals surface area contributed by atoms with Crippen molar-refractivity contribution in [1.29, 1.82) is 0 Å². The molecule has 82 valence electrons.